The molecule has 2 heterocycles. The number of nitrogens with zero attached hydrogens (tertiary/aromatic N) is 2. The summed E-state index contributed by atoms with van der Waals surface area (Å²) >= 11 is 0. The number of carbonyl (C=O) groups excluding carboxylic acids is 1. The first-order valence-electron chi connectivity index (χ1n) is 9.15. The molecule has 0 unspecified atom stereocenters. The minimum atomic E-state index is -0.303. The number of rotatable bonds is 5. The molecule has 7 heteroatoms. The maximum Gasteiger partial charge on any atom is 0.272 e. The molecule has 0 aliphatic carbocycles. The summed E-state index contributed by atoms with van der Waals surface area (Å²) in [5.74, 6) is 0.268. The molecule has 27 heavy (non-hydrogen) atoms. The predicted octanol–water partition coefficient (Wildman–Crippen LogP) is 1.02. The van der Waals surface area contributed by atoms with Crippen LogP contribution in [-0.2, 0) is 0 Å². The van der Waals surface area contributed by atoms with Crippen LogP contribution in [0.2, 0.25) is 0 Å². The summed E-state index contributed by atoms with van der Waals surface area (Å²) in [6.45, 7) is 6.20. The van der Waals surface area contributed by atoms with Crippen LogP contribution in [0.1, 0.15) is 42.1 Å². The minimum absolute atomic E-state index is 0.0481. The van der Waals surface area contributed by atoms with E-state index in [2.05, 4.69) is 22.2 Å². The number of aromatic nitrogens is 2. The van der Waals surface area contributed by atoms with Gasteiger partial charge in [0, 0.05) is 42.9 Å². The van der Waals surface area contributed by atoms with Crippen LogP contribution in [0.15, 0.2) is 36.5 Å². The van der Waals surface area contributed by atoms with Crippen LogP contribution in [0, 0.1) is 5.82 Å². The van der Waals surface area contributed by atoms with Gasteiger partial charge in [0.25, 0.3) is 5.91 Å². The number of piperazine rings is 1. The van der Waals surface area contributed by atoms with Crippen LogP contribution in [0.25, 0.3) is 5.57 Å². The Kier molecular flexibility index (Phi) is 5.81. The molecule has 2 aromatic rings. The van der Waals surface area contributed by atoms with E-state index in [4.69, 9.17) is 5.41 Å². The van der Waals surface area contributed by atoms with Gasteiger partial charge in [-0.2, -0.15) is 0 Å². The Balaban J connectivity index is 1.77. The number of imidazole rings is 1. The third-order valence-electron chi connectivity index (χ3n) is 4.65. The number of nitrogens with one attached hydrogen (secondary N) is 2. The Bertz CT molecular complexity index is 856. The smallest absolute Gasteiger partial charge is 0.272 e. The number of hydrogen-bond acceptors (Lipinski definition) is 3. The number of aromatic amines is 1. The molecule has 1 amide bonds. The second kappa shape index (κ2) is 8.26. The van der Waals surface area contributed by atoms with Gasteiger partial charge < -0.3 is 15.2 Å². The zero-order valence-electron chi connectivity index (χ0n) is 15.6. The van der Waals surface area contributed by atoms with Gasteiger partial charge in [-0.25, -0.2) is 9.37 Å². The second-order valence-corrected chi connectivity index (χ2v) is 6.74. The topological polar surface area (TPSA) is 86.6 Å². The van der Waals surface area contributed by atoms with Crippen molar-refractivity contribution in [3.05, 3.63) is 59.4 Å². The first-order chi connectivity index (χ1) is 13.0. The molecule has 142 valence electrons. The fraction of sp³-hybridized carbons (Fsp3) is 0.350. The van der Waals surface area contributed by atoms with Gasteiger partial charge >= 0.3 is 0 Å². The fourth-order valence-corrected chi connectivity index (χ4v) is 3.13. The number of carbonyl (C=O) groups is 1. The molecule has 0 radical (unpaired) electrons. The van der Waals surface area contributed by atoms with Gasteiger partial charge in [-0.15, -0.1) is 0 Å². The summed E-state index contributed by atoms with van der Waals surface area (Å²) in [5.41, 5.74) is 2.61. The second-order valence-electron chi connectivity index (χ2n) is 6.74. The largest absolute Gasteiger partial charge is 0.335 e. The lowest BCUT2D eigenvalue weighted by Gasteiger charge is -2.31. The Morgan fingerprint density at radius 2 is 2.15 bits per heavy atom. The minimum Gasteiger partial charge on any atom is -0.335 e. The van der Waals surface area contributed by atoms with E-state index in [9.17, 15) is 9.18 Å². The van der Waals surface area contributed by atoms with Crippen molar-refractivity contribution in [2.24, 2.45) is 0 Å². The molecule has 4 N–H and O–H groups in total. The van der Waals surface area contributed by atoms with Crippen molar-refractivity contribution in [2.45, 2.75) is 26.3 Å². The number of allylic oxidation sites excluding steroid dienone is 2. The zero-order valence-corrected chi connectivity index (χ0v) is 15.6. The first kappa shape index (κ1) is 19.0. The van der Waals surface area contributed by atoms with E-state index in [0.717, 1.165) is 17.7 Å². The average molecular weight is 370 g/mol. The molecular formula is C20H25FN5O+. The maximum absolute atomic E-state index is 13.1. The van der Waals surface area contributed by atoms with Crippen molar-refractivity contribution in [2.75, 3.05) is 19.6 Å². The van der Waals surface area contributed by atoms with Gasteiger partial charge in [-0.1, -0.05) is 6.92 Å². The molecule has 0 bridgehead atoms. The molecule has 1 saturated heterocycles. The van der Waals surface area contributed by atoms with Gasteiger partial charge in [-0.05, 0) is 37.6 Å². The number of nitrogens with two attached hydrogens (primary N) is 1. The summed E-state index contributed by atoms with van der Waals surface area (Å²) in [5, 5.41) is 9.47. The summed E-state index contributed by atoms with van der Waals surface area (Å²) < 4.78 is 13.1. The lowest BCUT2D eigenvalue weighted by Crippen LogP contribution is -2.51. The standard InChI is InChI=1S/C20H24FN5O/c1-3-14(10-17(22)15-4-6-16(21)7-5-15)19-24-11-18(25-19)20(27)26-9-8-23-13(2)12-26/h4-7,10-11,13,22-23H,3,8-9,12H2,1-2H3,(H,24,25)/p+1/b14-10-,22-17?/t13-/m0/s1. The van der Waals surface area contributed by atoms with E-state index in [0.29, 0.717) is 36.7 Å². The normalized spacial score (nSPS) is 17.8. The van der Waals surface area contributed by atoms with Crippen LogP contribution in [-0.4, -0.2) is 52.2 Å². The number of amides is 1. The number of halogens is 1. The molecule has 1 aliphatic rings. The van der Waals surface area contributed by atoms with Gasteiger partial charge in [0.2, 0.25) is 5.71 Å². The third-order valence-corrected chi connectivity index (χ3v) is 4.65. The van der Waals surface area contributed by atoms with Gasteiger partial charge in [0.05, 0.1) is 6.20 Å². The Morgan fingerprint density at radius 1 is 1.41 bits per heavy atom. The summed E-state index contributed by atoms with van der Waals surface area (Å²) in [7, 11) is 0. The van der Waals surface area contributed by atoms with E-state index < -0.39 is 0 Å². The highest BCUT2D eigenvalue weighted by Crippen LogP contribution is 2.17. The van der Waals surface area contributed by atoms with Crippen LogP contribution in [0.5, 0.6) is 0 Å². The van der Waals surface area contributed by atoms with Crippen molar-refractivity contribution < 1.29 is 14.6 Å². The summed E-state index contributed by atoms with van der Waals surface area (Å²) in [6, 6.07) is 6.30. The third kappa shape index (κ3) is 4.49. The average Bonchev–Trinajstić information content (AvgIpc) is 3.15. The summed E-state index contributed by atoms with van der Waals surface area (Å²) in [6.07, 6.45) is 4.07. The van der Waals surface area contributed by atoms with E-state index in [1.54, 1.807) is 18.3 Å². The molecule has 6 nitrogen and oxygen atoms in total. The lowest BCUT2D eigenvalue weighted by atomic mass is 10.1. The van der Waals surface area contributed by atoms with Crippen LogP contribution in [0.4, 0.5) is 4.39 Å². The first-order valence-corrected chi connectivity index (χ1v) is 9.15. The van der Waals surface area contributed by atoms with Crippen LogP contribution >= 0.6 is 0 Å². The van der Waals surface area contributed by atoms with E-state index in [-0.39, 0.29) is 17.8 Å². The SMILES string of the molecule is CC/C(=C/C(=[NH2+])c1ccc(F)cc1)c1ncc(C(=O)N2CCN[C@@H](C)C2)[nH]1. The van der Waals surface area contributed by atoms with Crippen molar-refractivity contribution >= 4 is 17.2 Å². The molecule has 1 fully saturated rings. The number of H-pyrrole nitrogens is 1. The summed E-state index contributed by atoms with van der Waals surface area (Å²) in [4.78, 5) is 22.0. The highest BCUT2D eigenvalue weighted by Gasteiger charge is 2.23. The quantitative estimate of drug-likeness (QED) is 0.687. The molecule has 1 aromatic heterocycles. The van der Waals surface area contributed by atoms with Crippen molar-refractivity contribution in [3.8, 4) is 0 Å². The fourth-order valence-electron chi connectivity index (χ4n) is 3.13. The molecule has 0 spiro atoms. The van der Waals surface area contributed by atoms with Gasteiger partial charge in [0.15, 0.2) is 0 Å². The van der Waals surface area contributed by atoms with Crippen LogP contribution in [0.3, 0.4) is 0 Å². The molecular weight excluding hydrogens is 345 g/mol. The number of benzene rings is 1. The highest BCUT2D eigenvalue weighted by molar-refractivity contribution is 6.08. The van der Waals surface area contributed by atoms with E-state index >= 15 is 0 Å². The van der Waals surface area contributed by atoms with Gasteiger partial charge in [-0.3, -0.25) is 10.2 Å². The Labute approximate surface area is 158 Å². The monoisotopic (exact) mass is 370 g/mol. The maximum atomic E-state index is 13.1. The van der Waals surface area contributed by atoms with Gasteiger partial charge in [0.1, 0.15) is 17.3 Å². The Hall–Kier alpha value is -2.80. The zero-order chi connectivity index (χ0) is 19.4. The molecule has 0 saturated carbocycles. The molecule has 1 atom stereocenters. The Morgan fingerprint density at radius 3 is 2.81 bits per heavy atom. The molecule has 1 aliphatic heterocycles. The van der Waals surface area contributed by atoms with E-state index in [1.807, 2.05) is 17.9 Å². The number of hydrogen-bond donors (Lipinski definition) is 3. The van der Waals surface area contributed by atoms with E-state index in [1.165, 1.54) is 12.1 Å². The predicted molar refractivity (Wildman–Crippen MR) is 103 cm³/mol. The highest BCUT2D eigenvalue weighted by atomic mass is 19.1. The van der Waals surface area contributed by atoms with Crippen molar-refractivity contribution in [1.29, 1.82) is 0 Å². The van der Waals surface area contributed by atoms with Crippen LogP contribution < -0.4 is 10.7 Å². The van der Waals surface area contributed by atoms with Crippen molar-refractivity contribution in [3.63, 3.8) is 0 Å². The van der Waals surface area contributed by atoms with Crippen molar-refractivity contribution in [1.82, 2.24) is 20.2 Å². The molecule has 3 rings (SSSR count). The lowest BCUT2D eigenvalue weighted by molar-refractivity contribution is -0.111. The molecule has 1 aromatic carbocycles.